The Hall–Kier alpha value is -1.55. The van der Waals surface area contributed by atoms with E-state index in [9.17, 15) is 25.2 Å². The van der Waals surface area contributed by atoms with Crippen LogP contribution in [-0.4, -0.2) is 75.9 Å². The molecule has 8 heteroatoms. The molecule has 4 fully saturated rings. The number of hydrogen-bond acceptors (Lipinski definition) is 8. The van der Waals surface area contributed by atoms with E-state index >= 15 is 0 Å². The van der Waals surface area contributed by atoms with Gasteiger partial charge in [-0.1, -0.05) is 25.3 Å². The Balaban J connectivity index is 1.60. The first-order chi connectivity index (χ1) is 13.7. The van der Waals surface area contributed by atoms with E-state index in [1.807, 2.05) is 0 Å². The Morgan fingerprint density at radius 1 is 1.07 bits per heavy atom. The summed E-state index contributed by atoms with van der Waals surface area (Å²) < 4.78 is 17.2. The fraction of sp³-hybridized carbons (Fsp3) is 0.667. The van der Waals surface area contributed by atoms with Crippen molar-refractivity contribution in [3.05, 3.63) is 36.5 Å². The minimum Gasteiger partial charge on any atom is -0.458 e. The summed E-state index contributed by atoms with van der Waals surface area (Å²) in [6.07, 6.45) is -5.79. The molecule has 0 bridgehead atoms. The lowest BCUT2D eigenvalue weighted by Gasteiger charge is -2.41. The standard InChI is InChI=1S/C21H28O8/c1-8-4-5-11-9(2)13(6-12-10(3)20(26)29-19(12)15(8)11)27-21-18(25)17(24)16(23)14(7-22)28-21/h11-19,21-25H,1-7H2/t11-,12-,13+,14+,15-,16+,17-,18+,19-,21+/m0/s1. The normalized spacial score (nSPS) is 47.6. The number of carbonyl (C=O) groups excluding carboxylic acids is 1. The zero-order valence-electron chi connectivity index (χ0n) is 16.1. The average Bonchev–Trinajstić information content (AvgIpc) is 3.17. The van der Waals surface area contributed by atoms with Crippen molar-refractivity contribution >= 4 is 5.97 Å². The molecular formula is C21H28O8. The lowest BCUT2D eigenvalue weighted by Crippen LogP contribution is -2.59. The molecule has 2 aliphatic heterocycles. The number of rotatable bonds is 3. The van der Waals surface area contributed by atoms with Crippen molar-refractivity contribution in [1.82, 2.24) is 0 Å². The van der Waals surface area contributed by atoms with Gasteiger partial charge < -0.3 is 34.6 Å². The summed E-state index contributed by atoms with van der Waals surface area (Å²) in [5, 5.41) is 39.8. The SMILES string of the molecule is C=C1CC[C@H]2C(=C)[C@H](O[C@@H]3O[C@H](CO)[C@@H](O)[C@H](O)[C@H]3O)C[C@H]3C(=C)C(=O)O[C@@H]3[C@@H]12. The first-order valence-corrected chi connectivity index (χ1v) is 9.96. The second kappa shape index (κ2) is 7.61. The van der Waals surface area contributed by atoms with Crippen LogP contribution in [0.2, 0.25) is 0 Å². The third-order valence-corrected chi connectivity index (χ3v) is 6.89. The first-order valence-electron chi connectivity index (χ1n) is 9.96. The van der Waals surface area contributed by atoms with Gasteiger partial charge in [-0.3, -0.25) is 0 Å². The van der Waals surface area contributed by atoms with Crippen LogP contribution in [0, 0.1) is 17.8 Å². The third kappa shape index (κ3) is 3.28. The van der Waals surface area contributed by atoms with Gasteiger partial charge in [0.05, 0.1) is 12.7 Å². The number of esters is 1. The predicted octanol–water partition coefficient (Wildman–Crippen LogP) is -0.188. The molecular weight excluding hydrogens is 380 g/mol. The van der Waals surface area contributed by atoms with Crippen LogP contribution in [0.25, 0.3) is 0 Å². The van der Waals surface area contributed by atoms with Crippen molar-refractivity contribution in [2.45, 2.75) is 62.2 Å². The number of fused-ring (bicyclic) bond motifs is 3. The van der Waals surface area contributed by atoms with Crippen LogP contribution in [-0.2, 0) is 19.0 Å². The van der Waals surface area contributed by atoms with E-state index in [2.05, 4.69) is 19.7 Å². The molecule has 4 aliphatic rings. The van der Waals surface area contributed by atoms with E-state index in [4.69, 9.17) is 14.2 Å². The second-order valence-corrected chi connectivity index (χ2v) is 8.46. The highest BCUT2D eigenvalue weighted by Gasteiger charge is 2.54. The molecule has 0 aromatic heterocycles. The van der Waals surface area contributed by atoms with Gasteiger partial charge in [-0.25, -0.2) is 4.79 Å². The van der Waals surface area contributed by atoms with Crippen molar-refractivity contribution in [2.75, 3.05) is 6.61 Å². The molecule has 4 rings (SSSR count). The average molecular weight is 408 g/mol. The molecule has 0 radical (unpaired) electrons. The number of ether oxygens (including phenoxy) is 3. The summed E-state index contributed by atoms with van der Waals surface area (Å²) in [5.74, 6) is -0.748. The first kappa shape index (κ1) is 20.7. The van der Waals surface area contributed by atoms with Crippen molar-refractivity contribution < 1.29 is 39.4 Å². The van der Waals surface area contributed by atoms with Gasteiger partial charge >= 0.3 is 5.97 Å². The van der Waals surface area contributed by atoms with Crippen LogP contribution in [0.4, 0.5) is 0 Å². The van der Waals surface area contributed by atoms with Crippen LogP contribution in [0.15, 0.2) is 36.5 Å². The van der Waals surface area contributed by atoms with Crippen LogP contribution < -0.4 is 0 Å². The van der Waals surface area contributed by atoms with Gasteiger partial charge in [-0.05, 0) is 30.8 Å². The third-order valence-electron chi connectivity index (χ3n) is 6.89. The summed E-state index contributed by atoms with van der Waals surface area (Å²) in [5.41, 5.74) is 2.19. The highest BCUT2D eigenvalue weighted by molar-refractivity contribution is 5.91. The highest BCUT2D eigenvalue weighted by Crippen LogP contribution is 2.52. The number of aliphatic hydroxyl groups excluding tert-OH is 4. The maximum atomic E-state index is 12.2. The Morgan fingerprint density at radius 3 is 2.48 bits per heavy atom. The quantitative estimate of drug-likeness (QED) is 0.288. The van der Waals surface area contributed by atoms with Crippen molar-refractivity contribution in [3.63, 3.8) is 0 Å². The molecule has 2 saturated heterocycles. The molecule has 10 atom stereocenters. The molecule has 8 nitrogen and oxygen atoms in total. The lowest BCUT2D eigenvalue weighted by molar-refractivity contribution is -0.309. The summed E-state index contributed by atoms with van der Waals surface area (Å²) >= 11 is 0. The molecule has 2 saturated carbocycles. The Labute approximate surface area is 169 Å². The predicted molar refractivity (Wildman–Crippen MR) is 100 cm³/mol. The van der Waals surface area contributed by atoms with E-state index in [0.717, 1.165) is 24.0 Å². The fourth-order valence-electron chi connectivity index (χ4n) is 5.19. The van der Waals surface area contributed by atoms with Gasteiger partial charge in [0.2, 0.25) is 0 Å². The van der Waals surface area contributed by atoms with Gasteiger partial charge in [-0.15, -0.1) is 0 Å². The van der Waals surface area contributed by atoms with Crippen molar-refractivity contribution in [1.29, 1.82) is 0 Å². The largest absolute Gasteiger partial charge is 0.458 e. The molecule has 4 N–H and O–H groups in total. The number of aliphatic hydroxyl groups is 4. The van der Waals surface area contributed by atoms with Gasteiger partial charge in [0.15, 0.2) is 6.29 Å². The van der Waals surface area contributed by atoms with Crippen LogP contribution in [0.3, 0.4) is 0 Å². The minimum absolute atomic E-state index is 0.00564. The summed E-state index contributed by atoms with van der Waals surface area (Å²) in [6, 6.07) is 0. The van der Waals surface area contributed by atoms with E-state index in [0.29, 0.717) is 12.0 Å². The van der Waals surface area contributed by atoms with Gasteiger partial charge in [0.25, 0.3) is 0 Å². The monoisotopic (exact) mass is 408 g/mol. The van der Waals surface area contributed by atoms with Crippen molar-refractivity contribution in [2.24, 2.45) is 17.8 Å². The van der Waals surface area contributed by atoms with E-state index in [1.165, 1.54) is 0 Å². The highest BCUT2D eigenvalue weighted by atomic mass is 16.7. The van der Waals surface area contributed by atoms with E-state index in [1.54, 1.807) is 0 Å². The lowest BCUT2D eigenvalue weighted by atomic mass is 9.82. The van der Waals surface area contributed by atoms with Crippen LogP contribution in [0.1, 0.15) is 19.3 Å². The molecule has 0 unspecified atom stereocenters. The summed E-state index contributed by atoms with van der Waals surface area (Å²) in [7, 11) is 0. The number of hydrogen-bond donors (Lipinski definition) is 4. The minimum atomic E-state index is -1.52. The molecule has 0 aromatic carbocycles. The number of carbonyl (C=O) groups is 1. The molecule has 0 amide bonds. The molecule has 0 spiro atoms. The smallest absolute Gasteiger partial charge is 0.334 e. The van der Waals surface area contributed by atoms with Crippen molar-refractivity contribution in [3.8, 4) is 0 Å². The van der Waals surface area contributed by atoms with Gasteiger partial charge in [0, 0.05) is 17.4 Å². The molecule has 0 aromatic rings. The topological polar surface area (TPSA) is 126 Å². The zero-order valence-corrected chi connectivity index (χ0v) is 16.1. The summed E-state index contributed by atoms with van der Waals surface area (Å²) in [6.45, 7) is 11.7. The Kier molecular flexibility index (Phi) is 5.43. The fourth-order valence-corrected chi connectivity index (χ4v) is 5.19. The molecule has 2 aliphatic carbocycles. The molecule has 160 valence electrons. The van der Waals surface area contributed by atoms with Crippen LogP contribution >= 0.6 is 0 Å². The van der Waals surface area contributed by atoms with Gasteiger partial charge in [0.1, 0.15) is 30.5 Å². The Morgan fingerprint density at radius 2 is 1.79 bits per heavy atom. The maximum Gasteiger partial charge on any atom is 0.334 e. The van der Waals surface area contributed by atoms with Gasteiger partial charge in [-0.2, -0.15) is 0 Å². The van der Waals surface area contributed by atoms with E-state index in [-0.39, 0.29) is 23.9 Å². The molecule has 29 heavy (non-hydrogen) atoms. The Bertz CT molecular complexity index is 730. The maximum absolute atomic E-state index is 12.2. The molecule has 2 heterocycles. The zero-order chi connectivity index (χ0) is 21.0. The summed E-state index contributed by atoms with van der Waals surface area (Å²) in [4.78, 5) is 12.2. The second-order valence-electron chi connectivity index (χ2n) is 8.46. The van der Waals surface area contributed by atoms with E-state index < -0.39 is 49.4 Å². The van der Waals surface area contributed by atoms with Crippen LogP contribution in [0.5, 0.6) is 0 Å².